The van der Waals surface area contributed by atoms with Crippen LogP contribution in [0.3, 0.4) is 0 Å². The van der Waals surface area contributed by atoms with Gasteiger partial charge in [0.2, 0.25) is 0 Å². The van der Waals surface area contributed by atoms with Gasteiger partial charge in [0.05, 0.1) is 52.0 Å². The van der Waals surface area contributed by atoms with Crippen molar-refractivity contribution < 1.29 is 132 Å². The highest BCUT2D eigenvalue weighted by atomic mass is 16.8. The van der Waals surface area contributed by atoms with E-state index in [1.54, 1.807) is 0 Å². The van der Waals surface area contributed by atoms with E-state index in [-0.39, 0.29) is 6.61 Å². The minimum absolute atomic E-state index is 0.355. The van der Waals surface area contributed by atoms with E-state index in [9.17, 15) is 61.3 Å². The van der Waals surface area contributed by atoms with Crippen LogP contribution in [0.1, 0.15) is 6.42 Å². The molecule has 14 bridgehead atoms. The predicted octanol–water partition coefficient (Wildman–Crippen LogP) is -17.8. The molecule has 34 unspecified atom stereocenters. The average Bonchev–Trinajstić information content (AvgIpc) is 0.778. The van der Waals surface area contributed by atoms with Crippen LogP contribution in [-0.4, -0.2) is 364 Å². The van der Waals surface area contributed by atoms with E-state index in [0.717, 1.165) is 0 Å². The Balaban J connectivity index is 1.21. The molecule has 21 fully saturated rings. The second kappa shape index (κ2) is 35.2. The summed E-state index contributed by atoms with van der Waals surface area (Å²) in [6.45, 7) is -0.740. The van der Waals surface area contributed by atoms with Crippen LogP contribution in [-0.2, 0) is 71.1 Å². The van der Waals surface area contributed by atoms with E-state index in [4.69, 9.17) is 151 Å². The number of rotatable bonds is 17. The van der Waals surface area contributed by atoms with E-state index >= 15 is 0 Å². The first-order valence-corrected chi connectivity index (χ1v) is 31.2. The smallest absolute Gasteiger partial charge is 0.187 e. The molecule has 21 aliphatic rings. The fraction of sp³-hybridized carbons (Fsp3) is 0.827. The van der Waals surface area contributed by atoms with Crippen molar-refractivity contribution in [2.24, 2.45) is 104 Å². The molecule has 0 amide bonds. The lowest BCUT2D eigenvalue weighted by Crippen LogP contribution is -2.68. The van der Waals surface area contributed by atoms with E-state index < -0.39 is 303 Å². The van der Waals surface area contributed by atoms with Crippen LogP contribution in [0.15, 0.2) is 42.6 Å². The maximum atomic E-state index is 12.4. The summed E-state index contributed by atoms with van der Waals surface area (Å²) in [5, 5.41) is 154. The third-order valence-electron chi connectivity index (χ3n) is 17.0. The van der Waals surface area contributed by atoms with Gasteiger partial charge in [0, 0.05) is 13.0 Å². The lowest BCUT2D eigenvalue weighted by atomic mass is 9.94. The van der Waals surface area contributed by atoms with Gasteiger partial charge >= 0.3 is 0 Å². The number of guanidine groups is 7. The summed E-state index contributed by atoms with van der Waals surface area (Å²) < 4.78 is 92.8. The number of nitrogens with two attached hydrogens (primary N) is 13. The number of ether oxygens (including phenoxy) is 15. The van der Waals surface area contributed by atoms with E-state index in [1.807, 2.05) is 0 Å². The summed E-state index contributed by atoms with van der Waals surface area (Å²) in [7, 11) is 0. The molecule has 0 aromatic heterocycles. The number of aliphatic imine (C=N–C) groups is 6. The zero-order valence-corrected chi connectivity index (χ0v) is 53.5. The monoisotopic (exact) mass is 1450 g/mol. The highest BCUT2D eigenvalue weighted by molar-refractivity contribution is 5.77. The highest BCUT2D eigenvalue weighted by Crippen LogP contribution is 2.40. The molecule has 0 aliphatic carbocycles. The fourth-order valence-electron chi connectivity index (χ4n) is 12.1. The summed E-state index contributed by atoms with van der Waals surface area (Å²) in [6, 6.07) is 0. The molecule has 21 saturated heterocycles. The highest BCUT2D eigenvalue weighted by Gasteiger charge is 2.59. The van der Waals surface area contributed by atoms with Gasteiger partial charge in [-0.15, -0.1) is 6.58 Å². The van der Waals surface area contributed by atoms with Gasteiger partial charge in [-0.25, -0.2) is 0 Å². The largest absolute Gasteiger partial charge is 0.388 e. The lowest BCUT2D eigenvalue weighted by molar-refractivity contribution is -0.392. The Kier molecular flexibility index (Phi) is 27.9. The summed E-state index contributed by atoms with van der Waals surface area (Å²) >= 11 is 0. The Morgan fingerprint density at radius 3 is 0.930 bits per heavy atom. The Morgan fingerprint density at radius 1 is 0.350 bits per heavy atom. The quantitative estimate of drug-likeness (QED) is 0.0365. The number of hydrogen-bond acceptors (Lipinski definition) is 34. The standard InChI is InChI=1S/C52H95N21O27/c1-2-3-86-38-31(85)37-20(11-73-52(65)66)94-45(38)100-36-19(10-72-51(63)64)89-40(26(80)21(36)75)87-13-4-12(74)39(88-14(13)5-67-46(53)54)95-32-15(6-68-47(55)56)90-41(27(81)22(32)76)96-33-16(7-69-48(57)58)91-42(28(82)23(33)77)97-34-17(8-70-49(59)60)92-43(29(83)24(34)78)98-35-18(9-71-50(61)62)93-44(99-37)30(84)25(35)79/h2,12-45,74-85H,1,3-11H2,(H4,53,54,67)(H4,55,56,68)(H4,57,58,69)(H4,59,60,70)(H4,61,62,71)(H4,63,64,72)(H4,65,66,73). The molecule has 40 N–H and O–H groups in total. The van der Waals surface area contributed by atoms with Crippen molar-refractivity contribution in [3.8, 4) is 0 Å². The SMILES string of the molecule is C=CCOC1C2OC(CN=C(N)N)C(OC3OC(CNC(=N)N)C(OC4OC(CN=C(N)N)C(OC5OC(CN=C(N)N)C(OC6OC(CN=C(N)N)C(OC7OC(CN=C(N)N)C(CC7O)OC7OC(CN=C(N)N)C(O2)C(O)C7O)C(O)C6O)C(O)C5O)C(O)C4O)C(O)C3O)C1O. The minimum Gasteiger partial charge on any atom is -0.388 e. The van der Waals surface area contributed by atoms with Gasteiger partial charge < -0.3 is 212 Å². The molecule has 570 valence electrons. The molecular weight excluding hydrogens is 1350 g/mol. The maximum absolute atomic E-state index is 12.4. The van der Waals surface area contributed by atoms with Crippen LogP contribution < -0.4 is 79.9 Å². The second-order valence-corrected chi connectivity index (χ2v) is 24.3. The molecule has 0 aromatic carbocycles. The summed E-state index contributed by atoms with van der Waals surface area (Å²) in [5.74, 6) is -3.72. The Hall–Kier alpha value is -6.45. The second-order valence-electron chi connectivity index (χ2n) is 24.3. The maximum Gasteiger partial charge on any atom is 0.187 e. The van der Waals surface area contributed by atoms with Crippen molar-refractivity contribution in [1.82, 2.24) is 5.32 Å². The molecule has 48 nitrogen and oxygen atoms in total. The van der Waals surface area contributed by atoms with Gasteiger partial charge in [-0.1, -0.05) is 6.08 Å². The summed E-state index contributed by atoms with van der Waals surface area (Å²) in [4.78, 5) is 24.0. The Morgan fingerprint density at radius 2 is 0.610 bits per heavy atom. The third-order valence-corrected chi connectivity index (χ3v) is 17.0. The van der Waals surface area contributed by atoms with Gasteiger partial charge in [0.15, 0.2) is 85.7 Å². The molecule has 0 saturated carbocycles. The molecule has 21 aliphatic heterocycles. The van der Waals surface area contributed by atoms with Crippen molar-refractivity contribution in [1.29, 1.82) is 5.41 Å². The van der Waals surface area contributed by atoms with Gasteiger partial charge in [0.1, 0.15) is 159 Å². The number of nitrogens with one attached hydrogen (secondary N) is 2. The lowest BCUT2D eigenvalue weighted by Gasteiger charge is -2.50. The molecule has 0 radical (unpaired) electrons. The number of aliphatic hydroxyl groups excluding tert-OH is 12. The van der Waals surface area contributed by atoms with E-state index in [0.29, 0.717) is 0 Å². The molecule has 0 aromatic rings. The van der Waals surface area contributed by atoms with Gasteiger partial charge in [-0.05, 0) is 0 Å². The summed E-state index contributed by atoms with van der Waals surface area (Å²) in [6.07, 6.45) is -63.7. The van der Waals surface area contributed by atoms with Crippen LogP contribution in [0, 0.1) is 5.41 Å². The predicted molar refractivity (Wildman–Crippen MR) is 335 cm³/mol. The van der Waals surface area contributed by atoms with E-state index in [2.05, 4.69) is 41.9 Å². The molecule has 0 spiro atoms. The molecule has 34 atom stereocenters. The van der Waals surface area contributed by atoms with E-state index in [1.165, 1.54) is 6.08 Å². The van der Waals surface area contributed by atoms with Crippen molar-refractivity contribution >= 4 is 41.7 Å². The Labute approximate surface area is 568 Å². The van der Waals surface area contributed by atoms with Gasteiger partial charge in [-0.2, -0.15) is 0 Å². The van der Waals surface area contributed by atoms with Gasteiger partial charge in [-0.3, -0.25) is 35.4 Å². The number of nitrogens with zero attached hydrogens (tertiary/aromatic N) is 6. The molecular formula is C52H95N21O27. The van der Waals surface area contributed by atoms with Crippen molar-refractivity contribution in [3.63, 3.8) is 0 Å². The topological polar surface area (TPSA) is 830 Å². The van der Waals surface area contributed by atoms with Crippen molar-refractivity contribution in [2.45, 2.75) is 215 Å². The minimum atomic E-state index is -2.24. The van der Waals surface area contributed by atoms with Crippen molar-refractivity contribution in [3.05, 3.63) is 12.7 Å². The first-order chi connectivity index (χ1) is 47.3. The third kappa shape index (κ3) is 19.4. The van der Waals surface area contributed by atoms with Gasteiger partial charge in [0.25, 0.3) is 0 Å². The molecule has 48 heteroatoms. The first-order valence-electron chi connectivity index (χ1n) is 31.2. The first kappa shape index (κ1) is 79.3. The number of aliphatic hydroxyl groups is 12. The average molecular weight is 1450 g/mol. The molecule has 21 rings (SSSR count). The van der Waals surface area contributed by atoms with Crippen LogP contribution in [0.5, 0.6) is 0 Å². The fourth-order valence-corrected chi connectivity index (χ4v) is 12.1. The molecule has 100 heavy (non-hydrogen) atoms. The van der Waals surface area contributed by atoms with Crippen LogP contribution in [0.4, 0.5) is 0 Å². The summed E-state index contributed by atoms with van der Waals surface area (Å²) in [5.41, 5.74) is 74.5. The Bertz CT molecular complexity index is 2850. The number of hydrogen-bond donors (Lipinski definition) is 27. The zero-order chi connectivity index (χ0) is 73.3. The van der Waals surface area contributed by atoms with Crippen LogP contribution in [0.2, 0.25) is 0 Å². The van der Waals surface area contributed by atoms with Crippen LogP contribution >= 0.6 is 0 Å². The van der Waals surface area contributed by atoms with Crippen molar-refractivity contribution in [2.75, 3.05) is 52.4 Å². The normalized spacial score (nSPS) is 44.0. The molecule has 21 heterocycles. The zero-order valence-electron chi connectivity index (χ0n) is 53.5. The van der Waals surface area contributed by atoms with Crippen LogP contribution in [0.25, 0.3) is 0 Å².